The zero-order valence-electron chi connectivity index (χ0n) is 12.1. The van der Waals surface area contributed by atoms with Gasteiger partial charge in [0.2, 0.25) is 5.89 Å². The van der Waals surface area contributed by atoms with Crippen LogP contribution in [0.15, 0.2) is 62.3 Å². The average Bonchev–Trinajstić information content (AvgIpc) is 3.04. The maximum absolute atomic E-state index is 12.1. The van der Waals surface area contributed by atoms with Gasteiger partial charge in [0.05, 0.1) is 0 Å². The molecule has 0 bridgehead atoms. The highest BCUT2D eigenvalue weighted by Crippen LogP contribution is 2.23. The minimum absolute atomic E-state index is 0.0712. The Morgan fingerprint density at radius 2 is 1.78 bits per heavy atom. The van der Waals surface area contributed by atoms with Gasteiger partial charge in [0.25, 0.3) is 5.91 Å². The Labute approximate surface area is 145 Å². The van der Waals surface area contributed by atoms with Gasteiger partial charge in [-0.3, -0.25) is 10.1 Å². The second-order valence-corrected chi connectivity index (χ2v) is 6.40. The molecule has 1 N–H and O–H groups in total. The first-order valence-corrected chi connectivity index (χ1v) is 8.72. The first kappa shape index (κ1) is 15.8. The summed E-state index contributed by atoms with van der Waals surface area (Å²) in [6.45, 7) is 0. The summed E-state index contributed by atoms with van der Waals surface area (Å²) in [5.74, 6) is 0.0641. The van der Waals surface area contributed by atoms with Crippen LogP contribution in [-0.2, 0) is 0 Å². The molecule has 0 fully saturated rings. The summed E-state index contributed by atoms with van der Waals surface area (Å²) < 4.78 is 6.39. The molecular formula is C16H12BrN3O2S. The van der Waals surface area contributed by atoms with Crippen LogP contribution in [0.3, 0.4) is 0 Å². The molecule has 2 aromatic carbocycles. The molecule has 116 valence electrons. The van der Waals surface area contributed by atoms with Gasteiger partial charge in [0.15, 0.2) is 0 Å². The number of amides is 1. The molecule has 0 aliphatic carbocycles. The Balaban J connectivity index is 1.73. The molecule has 7 heteroatoms. The number of carbonyl (C=O) groups excluding carboxylic acids is 1. The van der Waals surface area contributed by atoms with Crippen molar-refractivity contribution < 1.29 is 9.21 Å². The summed E-state index contributed by atoms with van der Waals surface area (Å²) in [7, 11) is 0. The van der Waals surface area contributed by atoms with E-state index in [1.54, 1.807) is 36.0 Å². The number of hydrogen-bond acceptors (Lipinski definition) is 5. The SMILES string of the molecule is CSc1ccc(-c2nnc(NC(=O)c3ccc(Br)cc3)o2)cc1. The number of carbonyl (C=O) groups is 1. The minimum Gasteiger partial charge on any atom is -0.403 e. The molecule has 0 saturated heterocycles. The highest BCUT2D eigenvalue weighted by Gasteiger charge is 2.12. The molecule has 1 aromatic heterocycles. The molecule has 0 saturated carbocycles. The molecule has 0 spiro atoms. The van der Waals surface area contributed by atoms with Gasteiger partial charge in [-0.2, -0.15) is 0 Å². The Morgan fingerprint density at radius 1 is 1.09 bits per heavy atom. The van der Waals surface area contributed by atoms with Crippen molar-refractivity contribution in [1.29, 1.82) is 0 Å². The van der Waals surface area contributed by atoms with Crippen LogP contribution >= 0.6 is 27.7 Å². The van der Waals surface area contributed by atoms with E-state index in [2.05, 4.69) is 31.4 Å². The van der Waals surface area contributed by atoms with Crippen molar-refractivity contribution in [3.63, 3.8) is 0 Å². The highest BCUT2D eigenvalue weighted by molar-refractivity contribution is 9.10. The van der Waals surface area contributed by atoms with Crippen LogP contribution < -0.4 is 5.32 Å². The molecule has 23 heavy (non-hydrogen) atoms. The summed E-state index contributed by atoms with van der Waals surface area (Å²) in [5, 5.41) is 10.4. The number of nitrogens with one attached hydrogen (secondary N) is 1. The number of aromatic nitrogens is 2. The third kappa shape index (κ3) is 3.80. The molecule has 5 nitrogen and oxygen atoms in total. The third-order valence-electron chi connectivity index (χ3n) is 3.09. The Bertz CT molecular complexity index is 816. The van der Waals surface area contributed by atoms with E-state index in [0.717, 1.165) is 14.9 Å². The van der Waals surface area contributed by atoms with Gasteiger partial charge in [0.1, 0.15) is 0 Å². The quantitative estimate of drug-likeness (QED) is 0.666. The van der Waals surface area contributed by atoms with Gasteiger partial charge < -0.3 is 4.42 Å². The lowest BCUT2D eigenvalue weighted by molar-refractivity contribution is 0.102. The van der Waals surface area contributed by atoms with E-state index in [4.69, 9.17) is 4.42 Å². The average molecular weight is 390 g/mol. The van der Waals surface area contributed by atoms with Crippen LogP contribution in [0.1, 0.15) is 10.4 Å². The molecule has 0 aliphatic heterocycles. The third-order valence-corrected chi connectivity index (χ3v) is 4.36. The molecule has 0 unspecified atom stereocenters. The van der Waals surface area contributed by atoms with E-state index < -0.39 is 0 Å². The summed E-state index contributed by atoms with van der Waals surface area (Å²) >= 11 is 4.98. The van der Waals surface area contributed by atoms with E-state index in [1.165, 1.54) is 0 Å². The van der Waals surface area contributed by atoms with E-state index in [0.29, 0.717) is 11.5 Å². The van der Waals surface area contributed by atoms with Crippen molar-refractivity contribution in [2.45, 2.75) is 4.90 Å². The molecule has 1 amide bonds. The monoisotopic (exact) mass is 389 g/mol. The highest BCUT2D eigenvalue weighted by atomic mass is 79.9. The molecule has 0 atom stereocenters. The molecule has 0 radical (unpaired) electrons. The zero-order valence-corrected chi connectivity index (χ0v) is 14.5. The van der Waals surface area contributed by atoms with Crippen LogP contribution in [0.5, 0.6) is 0 Å². The normalized spacial score (nSPS) is 10.5. The standard InChI is InChI=1S/C16H12BrN3O2S/c1-23-13-8-4-11(5-9-13)15-19-20-16(22-15)18-14(21)10-2-6-12(17)7-3-10/h2-9H,1H3,(H,18,20,21). The largest absolute Gasteiger partial charge is 0.403 e. The Morgan fingerprint density at radius 3 is 2.43 bits per heavy atom. The molecule has 3 aromatic rings. The van der Waals surface area contributed by atoms with Gasteiger partial charge >= 0.3 is 6.01 Å². The lowest BCUT2D eigenvalue weighted by Gasteiger charge is -2.00. The lowest BCUT2D eigenvalue weighted by Crippen LogP contribution is -2.11. The maximum atomic E-state index is 12.1. The first-order valence-electron chi connectivity index (χ1n) is 6.70. The summed E-state index contributed by atoms with van der Waals surface area (Å²) in [5.41, 5.74) is 1.32. The predicted octanol–water partition coefficient (Wildman–Crippen LogP) is 4.47. The lowest BCUT2D eigenvalue weighted by atomic mass is 10.2. The number of rotatable bonds is 4. The second kappa shape index (κ2) is 6.97. The fraction of sp³-hybridized carbons (Fsp3) is 0.0625. The van der Waals surface area contributed by atoms with Crippen LogP contribution in [0.2, 0.25) is 0 Å². The molecule has 0 aliphatic rings. The van der Waals surface area contributed by atoms with Gasteiger partial charge in [-0.05, 0) is 54.8 Å². The van der Waals surface area contributed by atoms with Crippen molar-refractivity contribution in [2.24, 2.45) is 0 Å². The number of benzene rings is 2. The van der Waals surface area contributed by atoms with Crippen molar-refractivity contribution in [3.8, 4) is 11.5 Å². The van der Waals surface area contributed by atoms with E-state index in [9.17, 15) is 4.79 Å². The summed E-state index contributed by atoms with van der Waals surface area (Å²) in [6, 6.07) is 14.8. The number of thioether (sulfide) groups is 1. The smallest absolute Gasteiger partial charge is 0.322 e. The number of nitrogens with zero attached hydrogens (tertiary/aromatic N) is 2. The predicted molar refractivity (Wildman–Crippen MR) is 93.6 cm³/mol. The zero-order chi connectivity index (χ0) is 16.2. The van der Waals surface area contributed by atoms with E-state index in [1.807, 2.05) is 30.5 Å². The number of hydrogen-bond donors (Lipinski definition) is 1. The summed E-state index contributed by atoms with van der Waals surface area (Å²) in [6.07, 6.45) is 2.01. The van der Waals surface area contributed by atoms with Crippen LogP contribution in [0.25, 0.3) is 11.5 Å². The first-order chi connectivity index (χ1) is 11.2. The fourth-order valence-corrected chi connectivity index (χ4v) is 2.57. The molecule has 3 rings (SSSR count). The number of halogens is 1. The van der Waals surface area contributed by atoms with Crippen molar-refractivity contribution in [1.82, 2.24) is 10.2 Å². The number of anilines is 1. The van der Waals surface area contributed by atoms with Crippen LogP contribution in [-0.4, -0.2) is 22.4 Å². The van der Waals surface area contributed by atoms with E-state index in [-0.39, 0.29) is 11.9 Å². The van der Waals surface area contributed by atoms with Gasteiger partial charge in [-0.15, -0.1) is 16.9 Å². The maximum Gasteiger partial charge on any atom is 0.322 e. The fourth-order valence-electron chi connectivity index (χ4n) is 1.89. The molecular weight excluding hydrogens is 378 g/mol. The Kier molecular flexibility index (Phi) is 4.78. The van der Waals surface area contributed by atoms with Crippen molar-refractivity contribution >= 4 is 39.6 Å². The Hall–Kier alpha value is -2.12. The van der Waals surface area contributed by atoms with Crippen LogP contribution in [0, 0.1) is 0 Å². The topological polar surface area (TPSA) is 68.0 Å². The van der Waals surface area contributed by atoms with Crippen molar-refractivity contribution in [2.75, 3.05) is 11.6 Å². The van der Waals surface area contributed by atoms with Gasteiger partial charge in [0, 0.05) is 20.5 Å². The second-order valence-electron chi connectivity index (χ2n) is 4.60. The minimum atomic E-state index is -0.301. The van der Waals surface area contributed by atoms with Crippen LogP contribution in [0.4, 0.5) is 6.01 Å². The van der Waals surface area contributed by atoms with E-state index >= 15 is 0 Å². The van der Waals surface area contributed by atoms with Crippen molar-refractivity contribution in [3.05, 3.63) is 58.6 Å². The van der Waals surface area contributed by atoms with Gasteiger partial charge in [-0.25, -0.2) is 0 Å². The molecule has 1 heterocycles. The summed E-state index contributed by atoms with van der Waals surface area (Å²) in [4.78, 5) is 13.2. The van der Waals surface area contributed by atoms with Gasteiger partial charge in [-0.1, -0.05) is 21.0 Å².